The van der Waals surface area contributed by atoms with Gasteiger partial charge in [-0.3, -0.25) is 4.79 Å². The van der Waals surface area contributed by atoms with Crippen molar-refractivity contribution in [2.24, 2.45) is 0 Å². The van der Waals surface area contributed by atoms with Crippen molar-refractivity contribution in [2.45, 2.75) is 37.8 Å². The van der Waals surface area contributed by atoms with E-state index in [0.717, 1.165) is 38.8 Å². The van der Waals surface area contributed by atoms with Crippen molar-refractivity contribution in [1.29, 1.82) is 0 Å². The van der Waals surface area contributed by atoms with Crippen LogP contribution >= 0.6 is 0 Å². The number of rotatable bonds is 4. The Morgan fingerprint density at radius 3 is 1.53 bits per heavy atom. The second-order valence-electron chi connectivity index (χ2n) is 9.10. The predicted octanol–water partition coefficient (Wildman–Crippen LogP) is 6.20. The van der Waals surface area contributed by atoms with Gasteiger partial charge in [0.2, 0.25) is 0 Å². The first-order chi connectivity index (χ1) is 15.8. The maximum atomic E-state index is 14.0. The standard InChI is InChI=1S/C29H28N2O/c32-29(27-17-7-19-30(27)25-15-5-11-21-9-1-3-13-23(21)25)28-18-8-20-31(28)26-16-6-12-22-10-2-4-14-24(22)26/h1-6,9-16,27-28H,7-8,17-20H2. The molecule has 0 aliphatic carbocycles. The van der Waals surface area contributed by atoms with Crippen LogP contribution in [0.25, 0.3) is 21.5 Å². The van der Waals surface area contributed by atoms with Crippen LogP contribution in [0, 0.1) is 0 Å². The summed E-state index contributed by atoms with van der Waals surface area (Å²) in [6.07, 6.45) is 4.03. The lowest BCUT2D eigenvalue weighted by Crippen LogP contribution is -2.47. The van der Waals surface area contributed by atoms with Gasteiger partial charge in [0, 0.05) is 35.2 Å². The van der Waals surface area contributed by atoms with Gasteiger partial charge >= 0.3 is 0 Å². The number of anilines is 2. The molecular formula is C29H28N2O. The summed E-state index contributed by atoms with van der Waals surface area (Å²) in [4.78, 5) is 18.8. The first kappa shape index (κ1) is 19.4. The quantitative estimate of drug-likeness (QED) is 0.393. The van der Waals surface area contributed by atoms with Crippen LogP contribution in [0.1, 0.15) is 25.7 Å². The van der Waals surface area contributed by atoms with Gasteiger partial charge in [0.1, 0.15) is 0 Å². The smallest absolute Gasteiger partial charge is 0.177 e. The zero-order chi connectivity index (χ0) is 21.5. The summed E-state index contributed by atoms with van der Waals surface area (Å²) in [5.74, 6) is 0.390. The van der Waals surface area contributed by atoms with Crippen molar-refractivity contribution in [3.8, 4) is 0 Å². The molecule has 0 spiro atoms. The molecule has 2 saturated heterocycles. The van der Waals surface area contributed by atoms with Gasteiger partial charge in [-0.15, -0.1) is 0 Å². The van der Waals surface area contributed by atoms with E-state index < -0.39 is 0 Å². The molecule has 0 radical (unpaired) electrons. The van der Waals surface area contributed by atoms with Gasteiger partial charge in [-0.1, -0.05) is 72.8 Å². The lowest BCUT2D eigenvalue weighted by molar-refractivity contribution is -0.121. The summed E-state index contributed by atoms with van der Waals surface area (Å²) in [6.45, 7) is 1.90. The van der Waals surface area contributed by atoms with E-state index in [0.29, 0.717) is 5.78 Å². The van der Waals surface area contributed by atoms with E-state index in [1.165, 1.54) is 32.9 Å². The van der Waals surface area contributed by atoms with E-state index >= 15 is 0 Å². The number of carbonyl (C=O) groups excluding carboxylic acids is 1. The van der Waals surface area contributed by atoms with Gasteiger partial charge in [0.05, 0.1) is 12.1 Å². The van der Waals surface area contributed by atoms with Crippen molar-refractivity contribution in [3.63, 3.8) is 0 Å². The Bertz CT molecular complexity index is 1190. The van der Waals surface area contributed by atoms with Crippen molar-refractivity contribution >= 4 is 38.7 Å². The van der Waals surface area contributed by atoms with Gasteiger partial charge in [0.25, 0.3) is 0 Å². The SMILES string of the molecule is O=C(C1CCCN1c1cccc2ccccc12)C1CCCN1c1cccc2ccccc12. The van der Waals surface area contributed by atoms with E-state index in [1.54, 1.807) is 0 Å². The largest absolute Gasteiger partial charge is 0.361 e. The summed E-state index contributed by atoms with van der Waals surface area (Å²) in [5, 5.41) is 4.96. The topological polar surface area (TPSA) is 23.6 Å². The lowest BCUT2D eigenvalue weighted by Gasteiger charge is -2.33. The van der Waals surface area contributed by atoms with E-state index in [4.69, 9.17) is 0 Å². The van der Waals surface area contributed by atoms with Crippen LogP contribution in [0.3, 0.4) is 0 Å². The van der Waals surface area contributed by atoms with Crippen LogP contribution in [0.2, 0.25) is 0 Å². The Hall–Kier alpha value is -3.33. The van der Waals surface area contributed by atoms with Crippen LogP contribution in [-0.2, 0) is 4.79 Å². The maximum Gasteiger partial charge on any atom is 0.177 e. The highest BCUT2D eigenvalue weighted by molar-refractivity contribution is 6.01. The van der Waals surface area contributed by atoms with Crippen LogP contribution in [0.5, 0.6) is 0 Å². The van der Waals surface area contributed by atoms with Crippen LogP contribution < -0.4 is 9.80 Å². The fourth-order valence-corrected chi connectivity index (χ4v) is 5.84. The Labute approximate surface area is 189 Å². The third-order valence-corrected chi connectivity index (χ3v) is 7.31. The molecule has 2 heterocycles. The highest BCUT2D eigenvalue weighted by Gasteiger charge is 2.40. The Morgan fingerprint density at radius 1 is 0.594 bits per heavy atom. The molecule has 0 bridgehead atoms. The molecule has 2 atom stereocenters. The molecule has 6 rings (SSSR count). The number of carbonyl (C=O) groups is 1. The van der Waals surface area contributed by atoms with Crippen LogP contribution in [0.4, 0.5) is 11.4 Å². The average Bonchev–Trinajstić information content (AvgIpc) is 3.53. The highest BCUT2D eigenvalue weighted by atomic mass is 16.1. The minimum atomic E-state index is -0.0404. The zero-order valence-corrected chi connectivity index (χ0v) is 18.3. The van der Waals surface area contributed by atoms with Gasteiger partial charge in [-0.2, -0.15) is 0 Å². The molecule has 4 aromatic carbocycles. The molecule has 3 nitrogen and oxygen atoms in total. The Morgan fingerprint density at radius 2 is 1.03 bits per heavy atom. The van der Waals surface area contributed by atoms with Gasteiger partial charge in [-0.05, 0) is 48.6 Å². The first-order valence-electron chi connectivity index (χ1n) is 11.8. The molecule has 2 aliphatic heterocycles. The predicted molar refractivity (Wildman–Crippen MR) is 134 cm³/mol. The van der Waals surface area contributed by atoms with E-state index in [1.807, 2.05) is 0 Å². The zero-order valence-electron chi connectivity index (χ0n) is 18.3. The molecule has 0 saturated carbocycles. The minimum absolute atomic E-state index is 0.0404. The van der Waals surface area contributed by atoms with Crippen LogP contribution in [-0.4, -0.2) is 31.0 Å². The summed E-state index contributed by atoms with van der Waals surface area (Å²) < 4.78 is 0. The molecular weight excluding hydrogens is 392 g/mol. The summed E-state index contributed by atoms with van der Waals surface area (Å²) >= 11 is 0. The summed E-state index contributed by atoms with van der Waals surface area (Å²) in [6, 6.07) is 29.9. The molecule has 160 valence electrons. The number of ketones is 1. The summed E-state index contributed by atoms with van der Waals surface area (Å²) in [7, 11) is 0. The third kappa shape index (κ3) is 3.15. The first-order valence-corrected chi connectivity index (χ1v) is 11.8. The molecule has 0 N–H and O–H groups in total. The van der Waals surface area contributed by atoms with E-state index in [-0.39, 0.29) is 12.1 Å². The molecule has 2 aliphatic rings. The van der Waals surface area contributed by atoms with Gasteiger partial charge < -0.3 is 9.80 Å². The fourth-order valence-electron chi connectivity index (χ4n) is 5.84. The molecule has 4 aromatic rings. The molecule has 0 amide bonds. The summed E-state index contributed by atoms with van der Waals surface area (Å²) in [5.41, 5.74) is 2.40. The fraction of sp³-hybridized carbons (Fsp3) is 0.276. The van der Waals surface area contributed by atoms with E-state index in [2.05, 4.69) is 94.7 Å². The van der Waals surface area contributed by atoms with Crippen molar-refractivity contribution < 1.29 is 4.79 Å². The minimum Gasteiger partial charge on any atom is -0.361 e. The maximum absolute atomic E-state index is 14.0. The van der Waals surface area contributed by atoms with Crippen LogP contribution in [0.15, 0.2) is 84.9 Å². The molecule has 32 heavy (non-hydrogen) atoms. The molecule has 3 heteroatoms. The Balaban J connectivity index is 1.35. The second kappa shape index (κ2) is 7.98. The van der Waals surface area contributed by atoms with Crippen molar-refractivity contribution in [3.05, 3.63) is 84.9 Å². The van der Waals surface area contributed by atoms with Gasteiger partial charge in [-0.25, -0.2) is 0 Å². The van der Waals surface area contributed by atoms with Gasteiger partial charge in [0.15, 0.2) is 5.78 Å². The number of hydrogen-bond acceptors (Lipinski definition) is 3. The van der Waals surface area contributed by atoms with Crippen molar-refractivity contribution in [2.75, 3.05) is 22.9 Å². The molecule has 2 unspecified atom stereocenters. The molecule has 0 aromatic heterocycles. The Kier molecular flexibility index (Phi) is 4.83. The van der Waals surface area contributed by atoms with E-state index in [9.17, 15) is 4.79 Å². The lowest BCUT2D eigenvalue weighted by atomic mass is 9.98. The number of hydrogen-bond donors (Lipinski definition) is 0. The number of nitrogens with zero attached hydrogens (tertiary/aromatic N) is 2. The third-order valence-electron chi connectivity index (χ3n) is 7.31. The number of fused-ring (bicyclic) bond motifs is 2. The normalized spacial score (nSPS) is 21.0. The molecule has 2 fully saturated rings. The number of Topliss-reactive ketones (excluding diaryl/α,β-unsaturated/α-hetero) is 1. The monoisotopic (exact) mass is 420 g/mol. The van der Waals surface area contributed by atoms with Crippen molar-refractivity contribution in [1.82, 2.24) is 0 Å². The average molecular weight is 421 g/mol. The second-order valence-corrected chi connectivity index (χ2v) is 9.10. The number of benzene rings is 4. The highest BCUT2D eigenvalue weighted by Crippen LogP contribution is 2.37.